The molecule has 0 aliphatic rings. The number of hydrogen-bond acceptors (Lipinski definition) is 2. The quantitative estimate of drug-likeness (QED) is 0.272. The molecule has 4 rings (SSSR count). The van der Waals surface area contributed by atoms with Gasteiger partial charge < -0.3 is 5.32 Å². The van der Waals surface area contributed by atoms with Crippen molar-refractivity contribution in [2.24, 2.45) is 5.41 Å². The van der Waals surface area contributed by atoms with E-state index in [-0.39, 0.29) is 5.91 Å². The van der Waals surface area contributed by atoms with Crippen molar-refractivity contribution in [3.8, 4) is 17.2 Å². The average Bonchev–Trinajstić information content (AvgIpc) is 2.93. The van der Waals surface area contributed by atoms with E-state index in [1.165, 1.54) is 5.56 Å². The van der Waals surface area contributed by atoms with Crippen LogP contribution in [0.4, 0.5) is 0 Å². The Bertz CT molecular complexity index is 1420. The van der Waals surface area contributed by atoms with Gasteiger partial charge in [-0.05, 0) is 46.7 Å². The maximum Gasteiger partial charge on any atom is 0.255 e. The molecule has 0 spiro atoms. The SMILES string of the molecule is CC(C)(C)/C(NC(=O)c1ccccc1CCc1ccccc1)=C(\C#N)c1ccc(-c2ccccc2)cc1. The molecule has 0 aliphatic carbocycles. The lowest BCUT2D eigenvalue weighted by Crippen LogP contribution is -2.32. The van der Waals surface area contributed by atoms with E-state index in [9.17, 15) is 10.1 Å². The van der Waals surface area contributed by atoms with E-state index in [2.05, 4.69) is 35.7 Å². The Morgan fingerprint density at radius 3 is 1.92 bits per heavy atom. The third-order valence-corrected chi connectivity index (χ3v) is 6.42. The summed E-state index contributed by atoms with van der Waals surface area (Å²) in [7, 11) is 0. The molecular weight excluding hydrogens is 452 g/mol. The highest BCUT2D eigenvalue weighted by molar-refractivity contribution is 5.98. The molecule has 0 aromatic heterocycles. The van der Waals surface area contributed by atoms with E-state index < -0.39 is 5.41 Å². The number of benzene rings is 4. The molecule has 0 saturated heterocycles. The maximum atomic E-state index is 13.6. The first-order valence-electron chi connectivity index (χ1n) is 12.6. The molecule has 1 amide bonds. The van der Waals surface area contributed by atoms with Gasteiger partial charge in [0.1, 0.15) is 6.07 Å². The van der Waals surface area contributed by atoms with Crippen LogP contribution in [0.1, 0.15) is 47.8 Å². The number of carbonyl (C=O) groups is 1. The summed E-state index contributed by atoms with van der Waals surface area (Å²) >= 11 is 0. The third-order valence-electron chi connectivity index (χ3n) is 6.42. The van der Waals surface area contributed by atoms with Crippen LogP contribution in [-0.4, -0.2) is 5.91 Å². The van der Waals surface area contributed by atoms with Gasteiger partial charge in [0, 0.05) is 16.7 Å². The van der Waals surface area contributed by atoms with Gasteiger partial charge in [0.2, 0.25) is 0 Å². The number of nitrogens with one attached hydrogen (secondary N) is 1. The highest BCUT2D eigenvalue weighted by Crippen LogP contribution is 2.32. The van der Waals surface area contributed by atoms with Gasteiger partial charge in [-0.3, -0.25) is 4.79 Å². The second-order valence-electron chi connectivity index (χ2n) is 10.2. The van der Waals surface area contributed by atoms with Crippen molar-refractivity contribution < 1.29 is 4.79 Å². The highest BCUT2D eigenvalue weighted by Gasteiger charge is 2.25. The minimum absolute atomic E-state index is 0.192. The summed E-state index contributed by atoms with van der Waals surface area (Å²) in [5, 5.41) is 13.3. The van der Waals surface area contributed by atoms with Gasteiger partial charge >= 0.3 is 0 Å². The standard InChI is InChI=1S/C34H32N2O/c1-34(2,3)32(31(24-35)29-22-20-27(21-23-29)26-14-8-5-9-15-26)36-33(37)30-17-11-10-16-28(30)19-18-25-12-6-4-7-13-25/h4-17,20-23H,18-19H2,1-3H3,(H,36,37)/b32-31-. The predicted octanol–water partition coefficient (Wildman–Crippen LogP) is 7.85. The lowest BCUT2D eigenvalue weighted by atomic mass is 9.86. The monoisotopic (exact) mass is 484 g/mol. The van der Waals surface area contributed by atoms with E-state index in [0.29, 0.717) is 16.8 Å². The molecule has 3 nitrogen and oxygen atoms in total. The van der Waals surface area contributed by atoms with Gasteiger partial charge in [0.25, 0.3) is 5.91 Å². The zero-order valence-electron chi connectivity index (χ0n) is 21.7. The fourth-order valence-electron chi connectivity index (χ4n) is 4.41. The van der Waals surface area contributed by atoms with Crippen LogP contribution in [0.3, 0.4) is 0 Å². The molecule has 37 heavy (non-hydrogen) atoms. The minimum atomic E-state index is -0.447. The van der Waals surface area contributed by atoms with E-state index in [0.717, 1.165) is 35.1 Å². The van der Waals surface area contributed by atoms with Crippen LogP contribution in [0.5, 0.6) is 0 Å². The number of rotatable bonds is 7. The second-order valence-corrected chi connectivity index (χ2v) is 10.2. The smallest absolute Gasteiger partial charge is 0.255 e. The first-order chi connectivity index (χ1) is 17.9. The molecule has 0 heterocycles. The fraction of sp³-hybridized carbons (Fsp3) is 0.176. The first-order valence-corrected chi connectivity index (χ1v) is 12.6. The number of aryl methyl sites for hydroxylation is 2. The van der Waals surface area contributed by atoms with Crippen LogP contribution in [0.25, 0.3) is 16.7 Å². The molecule has 0 fully saturated rings. The van der Waals surface area contributed by atoms with Crippen LogP contribution in [0.2, 0.25) is 0 Å². The molecule has 1 N–H and O–H groups in total. The van der Waals surface area contributed by atoms with Crippen molar-refractivity contribution >= 4 is 11.5 Å². The van der Waals surface area contributed by atoms with Gasteiger partial charge in [-0.2, -0.15) is 5.26 Å². The van der Waals surface area contributed by atoms with Crippen LogP contribution in [0.15, 0.2) is 115 Å². The summed E-state index contributed by atoms with van der Waals surface area (Å²) in [6.45, 7) is 6.04. The lowest BCUT2D eigenvalue weighted by molar-refractivity contribution is 0.0957. The summed E-state index contributed by atoms with van der Waals surface area (Å²) in [5.74, 6) is -0.192. The first kappa shape index (κ1) is 25.7. The average molecular weight is 485 g/mol. The van der Waals surface area contributed by atoms with E-state index >= 15 is 0 Å². The number of carbonyl (C=O) groups excluding carboxylic acids is 1. The maximum absolute atomic E-state index is 13.6. The normalized spacial score (nSPS) is 11.8. The molecule has 184 valence electrons. The molecule has 3 heteroatoms. The number of hydrogen-bond donors (Lipinski definition) is 1. The van der Waals surface area contributed by atoms with Gasteiger partial charge in [0.05, 0.1) is 5.57 Å². The van der Waals surface area contributed by atoms with Crippen molar-refractivity contribution in [2.75, 3.05) is 0 Å². The molecule has 0 saturated carbocycles. The number of amides is 1. The Hall–Kier alpha value is -4.42. The zero-order chi connectivity index (χ0) is 26.3. The summed E-state index contributed by atoms with van der Waals surface area (Å²) < 4.78 is 0. The van der Waals surface area contributed by atoms with E-state index in [1.54, 1.807) is 0 Å². The van der Waals surface area contributed by atoms with Gasteiger partial charge in [0.15, 0.2) is 0 Å². The van der Waals surface area contributed by atoms with Crippen LogP contribution in [0, 0.1) is 16.7 Å². The fourth-order valence-corrected chi connectivity index (χ4v) is 4.41. The lowest BCUT2D eigenvalue weighted by Gasteiger charge is -2.26. The largest absolute Gasteiger partial charge is 0.324 e. The minimum Gasteiger partial charge on any atom is -0.324 e. The van der Waals surface area contributed by atoms with Crippen LogP contribution >= 0.6 is 0 Å². The zero-order valence-corrected chi connectivity index (χ0v) is 21.7. The molecule has 0 atom stereocenters. The molecular formula is C34H32N2O. The molecule has 4 aromatic rings. The summed E-state index contributed by atoms with van der Waals surface area (Å²) in [5.41, 5.74) is 6.48. The Morgan fingerprint density at radius 2 is 1.30 bits per heavy atom. The molecule has 0 unspecified atom stereocenters. The van der Waals surface area contributed by atoms with E-state index in [1.807, 2.05) is 106 Å². The van der Waals surface area contributed by atoms with Crippen LogP contribution in [-0.2, 0) is 12.8 Å². The third kappa shape index (κ3) is 6.42. The van der Waals surface area contributed by atoms with Crippen LogP contribution < -0.4 is 5.32 Å². The van der Waals surface area contributed by atoms with Gasteiger partial charge in [-0.25, -0.2) is 0 Å². The molecule has 4 aromatic carbocycles. The Balaban J connectivity index is 1.63. The van der Waals surface area contributed by atoms with Gasteiger partial charge in [-0.15, -0.1) is 0 Å². The summed E-state index contributed by atoms with van der Waals surface area (Å²) in [6.07, 6.45) is 1.61. The summed E-state index contributed by atoms with van der Waals surface area (Å²) in [6, 6.07) is 38.4. The second kappa shape index (κ2) is 11.5. The van der Waals surface area contributed by atoms with Crippen molar-refractivity contribution in [2.45, 2.75) is 33.6 Å². The van der Waals surface area contributed by atoms with Crippen molar-refractivity contribution in [1.29, 1.82) is 5.26 Å². The Labute approximate surface area is 220 Å². The van der Waals surface area contributed by atoms with Crippen molar-refractivity contribution in [3.05, 3.63) is 137 Å². The predicted molar refractivity (Wildman–Crippen MR) is 152 cm³/mol. The molecule has 0 aliphatic heterocycles. The molecule has 0 bridgehead atoms. The number of nitriles is 1. The Morgan fingerprint density at radius 1 is 0.730 bits per heavy atom. The number of nitrogens with zero attached hydrogens (tertiary/aromatic N) is 1. The highest BCUT2D eigenvalue weighted by atomic mass is 16.1. The Kier molecular flexibility index (Phi) is 8.01. The summed E-state index contributed by atoms with van der Waals surface area (Å²) in [4.78, 5) is 13.6. The topological polar surface area (TPSA) is 52.9 Å². The van der Waals surface area contributed by atoms with Crippen molar-refractivity contribution in [1.82, 2.24) is 5.32 Å². The van der Waals surface area contributed by atoms with Crippen molar-refractivity contribution in [3.63, 3.8) is 0 Å². The van der Waals surface area contributed by atoms with Gasteiger partial charge in [-0.1, -0.05) is 124 Å². The van der Waals surface area contributed by atoms with E-state index in [4.69, 9.17) is 0 Å². The molecule has 0 radical (unpaired) electrons. The number of allylic oxidation sites excluding steroid dienone is 2.